The van der Waals surface area contributed by atoms with Crippen molar-refractivity contribution in [1.82, 2.24) is 10.3 Å². The van der Waals surface area contributed by atoms with Crippen molar-refractivity contribution in [3.8, 4) is 0 Å². The Balaban J connectivity index is 2.78. The summed E-state index contributed by atoms with van der Waals surface area (Å²) in [6.45, 7) is 3.65. The molecular weight excluding hydrogens is 179 g/mol. The summed E-state index contributed by atoms with van der Waals surface area (Å²) >= 11 is 0. The smallest absolute Gasteiger partial charge is 0.146 e. The van der Waals surface area contributed by atoms with Gasteiger partial charge in [-0.05, 0) is 26.0 Å². The minimum Gasteiger partial charge on any atom is -0.313 e. The lowest BCUT2D eigenvalue weighted by Gasteiger charge is -2.15. The van der Waals surface area contributed by atoms with Gasteiger partial charge in [-0.15, -0.1) is 6.58 Å². The van der Waals surface area contributed by atoms with E-state index in [1.54, 1.807) is 12.3 Å². The molecule has 1 heterocycles. The molecule has 1 N–H and O–H groups in total. The fourth-order valence-electron chi connectivity index (χ4n) is 1.41. The zero-order valence-electron chi connectivity index (χ0n) is 8.33. The van der Waals surface area contributed by atoms with Crippen LogP contribution >= 0.6 is 0 Å². The SMILES string of the molecule is C=CCCC(NC)c1ccncc1F. The Morgan fingerprint density at radius 2 is 2.50 bits per heavy atom. The molecule has 0 saturated carbocycles. The van der Waals surface area contributed by atoms with Crippen molar-refractivity contribution in [3.63, 3.8) is 0 Å². The predicted molar refractivity (Wildman–Crippen MR) is 55.4 cm³/mol. The molecule has 0 amide bonds. The monoisotopic (exact) mass is 194 g/mol. The summed E-state index contributed by atoms with van der Waals surface area (Å²) in [4.78, 5) is 3.72. The van der Waals surface area contributed by atoms with Gasteiger partial charge < -0.3 is 5.32 Å². The molecule has 0 aliphatic heterocycles. The molecule has 1 unspecified atom stereocenters. The van der Waals surface area contributed by atoms with Gasteiger partial charge in [0, 0.05) is 17.8 Å². The fraction of sp³-hybridized carbons (Fsp3) is 0.364. The standard InChI is InChI=1S/C11H15FN2/c1-3-4-5-11(13-2)9-6-7-14-8-10(9)12/h3,6-8,11,13H,1,4-5H2,2H3. The number of rotatable bonds is 5. The maximum atomic E-state index is 13.3. The van der Waals surface area contributed by atoms with Crippen LogP contribution in [0.25, 0.3) is 0 Å². The summed E-state index contributed by atoms with van der Waals surface area (Å²) < 4.78 is 13.3. The molecule has 0 bridgehead atoms. The van der Waals surface area contributed by atoms with Crippen LogP contribution in [0.3, 0.4) is 0 Å². The molecule has 14 heavy (non-hydrogen) atoms. The molecule has 0 spiro atoms. The molecule has 2 nitrogen and oxygen atoms in total. The van der Waals surface area contributed by atoms with Crippen molar-refractivity contribution in [2.45, 2.75) is 18.9 Å². The summed E-state index contributed by atoms with van der Waals surface area (Å²) in [5.74, 6) is -0.254. The zero-order valence-corrected chi connectivity index (χ0v) is 8.33. The van der Waals surface area contributed by atoms with Gasteiger partial charge in [0.25, 0.3) is 0 Å². The second kappa shape index (κ2) is 5.50. The summed E-state index contributed by atoms with van der Waals surface area (Å²) in [6, 6.07) is 1.75. The normalized spacial score (nSPS) is 12.4. The minimum absolute atomic E-state index is 0.0380. The van der Waals surface area contributed by atoms with Crippen LogP contribution in [0.2, 0.25) is 0 Å². The molecule has 0 radical (unpaired) electrons. The molecule has 1 aromatic heterocycles. The lowest BCUT2D eigenvalue weighted by Crippen LogP contribution is -2.17. The number of aromatic nitrogens is 1. The van der Waals surface area contributed by atoms with E-state index in [-0.39, 0.29) is 11.9 Å². The van der Waals surface area contributed by atoms with E-state index in [0.717, 1.165) is 12.8 Å². The van der Waals surface area contributed by atoms with Gasteiger partial charge in [0.1, 0.15) is 5.82 Å². The lowest BCUT2D eigenvalue weighted by molar-refractivity contribution is 0.509. The van der Waals surface area contributed by atoms with Crippen molar-refractivity contribution in [3.05, 3.63) is 42.5 Å². The average molecular weight is 194 g/mol. The second-order valence-corrected chi connectivity index (χ2v) is 3.10. The number of allylic oxidation sites excluding steroid dienone is 1. The molecular formula is C11H15FN2. The number of nitrogens with one attached hydrogen (secondary N) is 1. The molecule has 1 aromatic rings. The van der Waals surface area contributed by atoms with Crippen molar-refractivity contribution in [1.29, 1.82) is 0 Å². The Labute approximate surface area is 83.9 Å². The molecule has 0 saturated heterocycles. The highest BCUT2D eigenvalue weighted by atomic mass is 19.1. The highest BCUT2D eigenvalue weighted by Gasteiger charge is 2.12. The van der Waals surface area contributed by atoms with Gasteiger partial charge in [-0.25, -0.2) is 4.39 Å². The summed E-state index contributed by atoms with van der Waals surface area (Å²) in [6.07, 6.45) is 6.40. The zero-order chi connectivity index (χ0) is 10.4. The molecule has 76 valence electrons. The van der Waals surface area contributed by atoms with Gasteiger partial charge in [-0.3, -0.25) is 4.98 Å². The average Bonchev–Trinajstić information content (AvgIpc) is 2.21. The van der Waals surface area contributed by atoms with Crippen LogP contribution in [0.1, 0.15) is 24.4 Å². The fourth-order valence-corrected chi connectivity index (χ4v) is 1.41. The molecule has 1 atom stereocenters. The van der Waals surface area contributed by atoms with Crippen molar-refractivity contribution in [2.75, 3.05) is 7.05 Å². The van der Waals surface area contributed by atoms with Crippen molar-refractivity contribution >= 4 is 0 Å². The third-order valence-electron chi connectivity index (χ3n) is 2.19. The first-order valence-corrected chi connectivity index (χ1v) is 4.67. The Kier molecular flexibility index (Phi) is 4.26. The molecule has 0 fully saturated rings. The Morgan fingerprint density at radius 3 is 3.07 bits per heavy atom. The summed E-state index contributed by atoms with van der Waals surface area (Å²) in [5.41, 5.74) is 0.671. The number of nitrogens with zero attached hydrogens (tertiary/aromatic N) is 1. The molecule has 1 rings (SSSR count). The third-order valence-corrected chi connectivity index (χ3v) is 2.19. The minimum atomic E-state index is -0.254. The van der Waals surface area contributed by atoms with E-state index >= 15 is 0 Å². The summed E-state index contributed by atoms with van der Waals surface area (Å²) in [5, 5.41) is 3.08. The largest absolute Gasteiger partial charge is 0.313 e. The van der Waals surface area contributed by atoms with E-state index in [2.05, 4.69) is 16.9 Å². The second-order valence-electron chi connectivity index (χ2n) is 3.10. The van der Waals surface area contributed by atoms with Crippen LogP contribution in [-0.2, 0) is 0 Å². The lowest BCUT2D eigenvalue weighted by atomic mass is 10.0. The van der Waals surface area contributed by atoms with Gasteiger partial charge in [0.15, 0.2) is 0 Å². The van der Waals surface area contributed by atoms with Crippen LogP contribution in [0.4, 0.5) is 4.39 Å². The Bertz CT molecular complexity index is 299. The third kappa shape index (κ3) is 2.64. The van der Waals surface area contributed by atoms with E-state index in [0.29, 0.717) is 5.56 Å². The predicted octanol–water partition coefficient (Wildman–Crippen LogP) is 2.45. The first-order valence-electron chi connectivity index (χ1n) is 4.67. The summed E-state index contributed by atoms with van der Waals surface area (Å²) in [7, 11) is 1.83. The Hall–Kier alpha value is -1.22. The van der Waals surface area contributed by atoms with Gasteiger partial charge in [0.2, 0.25) is 0 Å². The van der Waals surface area contributed by atoms with Crippen molar-refractivity contribution in [2.24, 2.45) is 0 Å². The quantitative estimate of drug-likeness (QED) is 0.728. The first kappa shape index (κ1) is 10.9. The maximum Gasteiger partial charge on any atom is 0.146 e. The number of hydrogen-bond acceptors (Lipinski definition) is 2. The van der Waals surface area contributed by atoms with E-state index in [9.17, 15) is 4.39 Å². The van der Waals surface area contributed by atoms with E-state index in [4.69, 9.17) is 0 Å². The van der Waals surface area contributed by atoms with Crippen molar-refractivity contribution < 1.29 is 4.39 Å². The van der Waals surface area contributed by atoms with E-state index < -0.39 is 0 Å². The molecule has 0 aromatic carbocycles. The van der Waals surface area contributed by atoms with Gasteiger partial charge in [-0.1, -0.05) is 6.08 Å². The van der Waals surface area contributed by atoms with Gasteiger partial charge >= 0.3 is 0 Å². The van der Waals surface area contributed by atoms with Crippen LogP contribution in [0, 0.1) is 5.82 Å². The molecule has 0 aliphatic rings. The van der Waals surface area contributed by atoms with Crippen LogP contribution < -0.4 is 5.32 Å². The van der Waals surface area contributed by atoms with Crippen LogP contribution in [0.15, 0.2) is 31.1 Å². The number of halogens is 1. The van der Waals surface area contributed by atoms with Gasteiger partial charge in [0.05, 0.1) is 6.20 Å². The Morgan fingerprint density at radius 1 is 1.71 bits per heavy atom. The van der Waals surface area contributed by atoms with Crippen LogP contribution in [0.5, 0.6) is 0 Å². The van der Waals surface area contributed by atoms with E-state index in [1.807, 2.05) is 13.1 Å². The van der Waals surface area contributed by atoms with Gasteiger partial charge in [-0.2, -0.15) is 0 Å². The topological polar surface area (TPSA) is 24.9 Å². The maximum absolute atomic E-state index is 13.3. The number of hydrogen-bond donors (Lipinski definition) is 1. The highest BCUT2D eigenvalue weighted by molar-refractivity contribution is 5.17. The first-order chi connectivity index (χ1) is 6.79. The highest BCUT2D eigenvalue weighted by Crippen LogP contribution is 2.20. The van der Waals surface area contributed by atoms with Crippen LogP contribution in [-0.4, -0.2) is 12.0 Å². The molecule has 3 heteroatoms. The number of pyridine rings is 1. The molecule has 0 aliphatic carbocycles. The van der Waals surface area contributed by atoms with E-state index in [1.165, 1.54) is 6.20 Å².